The molecule has 0 amide bonds. The number of fused-ring (bicyclic) bond motifs is 1. The largest absolute Gasteiger partial charge is 0.221 e. The summed E-state index contributed by atoms with van der Waals surface area (Å²) >= 11 is 9.75. The first-order chi connectivity index (χ1) is 8.33. The van der Waals surface area contributed by atoms with Crippen molar-refractivity contribution in [1.29, 1.82) is 0 Å². The fourth-order valence-corrected chi connectivity index (χ4v) is 4.44. The van der Waals surface area contributed by atoms with Crippen LogP contribution in [0.3, 0.4) is 0 Å². The molecule has 0 saturated heterocycles. The van der Waals surface area contributed by atoms with Crippen LogP contribution in [0.5, 0.6) is 0 Å². The molecule has 1 fully saturated rings. The van der Waals surface area contributed by atoms with E-state index in [2.05, 4.69) is 9.97 Å². The monoisotopic (exact) mass is 284 g/mol. The number of hydrogen-bond acceptors (Lipinski definition) is 4. The van der Waals surface area contributed by atoms with Crippen molar-refractivity contribution in [2.45, 2.75) is 36.7 Å². The van der Waals surface area contributed by atoms with Crippen LogP contribution in [0.25, 0.3) is 10.2 Å². The zero-order valence-corrected chi connectivity index (χ0v) is 11.7. The van der Waals surface area contributed by atoms with Gasteiger partial charge in [0.25, 0.3) is 0 Å². The second kappa shape index (κ2) is 5.12. The molecule has 1 aliphatic rings. The molecule has 0 radical (unpaired) electrons. The lowest BCUT2D eigenvalue weighted by atomic mass is 10.4. The van der Waals surface area contributed by atoms with Gasteiger partial charge in [0.1, 0.15) is 15.8 Å². The van der Waals surface area contributed by atoms with Crippen LogP contribution in [0.1, 0.15) is 31.5 Å². The second-order valence-electron chi connectivity index (χ2n) is 4.29. The molecule has 1 saturated carbocycles. The van der Waals surface area contributed by atoms with Gasteiger partial charge < -0.3 is 0 Å². The standard InChI is InChI=1S/C12H13ClN2S2/c13-11-9-5-6-16-12(9)15-10(14-11)7-17-8-3-1-2-4-8/h5-6,8H,1-4,7H2. The lowest BCUT2D eigenvalue weighted by molar-refractivity contribution is 0.886. The summed E-state index contributed by atoms with van der Waals surface area (Å²) in [6.07, 6.45) is 5.45. The van der Waals surface area contributed by atoms with Gasteiger partial charge in [-0.1, -0.05) is 24.4 Å². The third-order valence-electron chi connectivity index (χ3n) is 3.08. The Kier molecular flexibility index (Phi) is 3.54. The fraction of sp³-hybridized carbons (Fsp3) is 0.500. The zero-order chi connectivity index (χ0) is 11.7. The molecule has 0 unspecified atom stereocenters. The minimum atomic E-state index is 0.596. The number of hydrogen-bond donors (Lipinski definition) is 0. The third-order valence-corrected chi connectivity index (χ3v) is 5.54. The Morgan fingerprint density at radius 1 is 1.35 bits per heavy atom. The average molecular weight is 285 g/mol. The number of aromatic nitrogens is 2. The molecule has 2 aromatic rings. The Balaban J connectivity index is 1.75. The van der Waals surface area contributed by atoms with Crippen LogP contribution >= 0.6 is 34.7 Å². The summed E-state index contributed by atoms with van der Waals surface area (Å²) in [7, 11) is 0. The molecule has 0 aromatic carbocycles. The van der Waals surface area contributed by atoms with Gasteiger partial charge in [0, 0.05) is 10.6 Å². The maximum Gasteiger partial charge on any atom is 0.141 e. The van der Waals surface area contributed by atoms with E-state index >= 15 is 0 Å². The van der Waals surface area contributed by atoms with Crippen LogP contribution in [0.2, 0.25) is 5.15 Å². The van der Waals surface area contributed by atoms with Gasteiger partial charge in [-0.2, -0.15) is 11.8 Å². The van der Waals surface area contributed by atoms with Crippen molar-refractivity contribution in [3.63, 3.8) is 0 Å². The Labute approximate surface area is 114 Å². The first kappa shape index (κ1) is 11.8. The number of rotatable bonds is 3. The minimum Gasteiger partial charge on any atom is -0.221 e. The SMILES string of the molecule is Clc1nc(CSC2CCCC2)nc2sccc12. The van der Waals surface area contributed by atoms with E-state index in [1.165, 1.54) is 25.7 Å². The van der Waals surface area contributed by atoms with Gasteiger partial charge >= 0.3 is 0 Å². The molecular weight excluding hydrogens is 272 g/mol. The quantitative estimate of drug-likeness (QED) is 0.775. The summed E-state index contributed by atoms with van der Waals surface area (Å²) in [5.74, 6) is 1.76. The van der Waals surface area contributed by atoms with Gasteiger partial charge in [0.05, 0.1) is 5.75 Å². The summed E-state index contributed by atoms with van der Waals surface area (Å²) in [4.78, 5) is 9.94. The van der Waals surface area contributed by atoms with E-state index in [9.17, 15) is 0 Å². The van der Waals surface area contributed by atoms with Gasteiger partial charge in [-0.15, -0.1) is 11.3 Å². The molecule has 90 valence electrons. The maximum atomic E-state index is 6.15. The van der Waals surface area contributed by atoms with E-state index in [4.69, 9.17) is 11.6 Å². The van der Waals surface area contributed by atoms with E-state index in [1.807, 2.05) is 23.2 Å². The Morgan fingerprint density at radius 3 is 3.00 bits per heavy atom. The highest BCUT2D eigenvalue weighted by Gasteiger charge is 2.16. The van der Waals surface area contributed by atoms with E-state index in [1.54, 1.807) is 11.3 Å². The van der Waals surface area contributed by atoms with E-state index in [0.29, 0.717) is 5.15 Å². The van der Waals surface area contributed by atoms with Crippen LogP contribution in [0, 0.1) is 0 Å². The second-order valence-corrected chi connectivity index (χ2v) is 6.83. The average Bonchev–Trinajstić information content (AvgIpc) is 2.97. The Morgan fingerprint density at radius 2 is 2.18 bits per heavy atom. The zero-order valence-electron chi connectivity index (χ0n) is 9.36. The molecule has 2 heterocycles. The van der Waals surface area contributed by atoms with Crippen molar-refractivity contribution in [3.05, 3.63) is 22.4 Å². The van der Waals surface area contributed by atoms with Crippen molar-refractivity contribution < 1.29 is 0 Å². The molecule has 5 heteroatoms. The molecule has 2 nitrogen and oxygen atoms in total. The molecule has 1 aliphatic carbocycles. The van der Waals surface area contributed by atoms with Gasteiger partial charge in [-0.25, -0.2) is 9.97 Å². The lowest BCUT2D eigenvalue weighted by Gasteiger charge is -2.07. The topological polar surface area (TPSA) is 25.8 Å². The van der Waals surface area contributed by atoms with Gasteiger partial charge in [-0.05, 0) is 24.3 Å². The van der Waals surface area contributed by atoms with E-state index in [0.717, 1.165) is 27.0 Å². The molecule has 0 aliphatic heterocycles. The Bertz CT molecular complexity index is 520. The number of halogens is 1. The van der Waals surface area contributed by atoms with E-state index < -0.39 is 0 Å². The van der Waals surface area contributed by atoms with Crippen LogP contribution in [-0.4, -0.2) is 15.2 Å². The summed E-state index contributed by atoms with van der Waals surface area (Å²) < 4.78 is 0. The van der Waals surface area contributed by atoms with Crippen molar-refractivity contribution in [3.8, 4) is 0 Å². The van der Waals surface area contributed by atoms with Gasteiger partial charge in [0.2, 0.25) is 0 Å². The van der Waals surface area contributed by atoms with Crippen LogP contribution < -0.4 is 0 Å². The highest BCUT2D eigenvalue weighted by molar-refractivity contribution is 7.99. The molecule has 2 aromatic heterocycles. The lowest BCUT2D eigenvalue weighted by Crippen LogP contribution is -1.98. The first-order valence-corrected chi connectivity index (χ1v) is 8.15. The summed E-state index contributed by atoms with van der Waals surface area (Å²) in [6.45, 7) is 0. The predicted molar refractivity (Wildman–Crippen MR) is 76.0 cm³/mol. The van der Waals surface area contributed by atoms with Crippen molar-refractivity contribution in [1.82, 2.24) is 9.97 Å². The summed E-state index contributed by atoms with van der Waals surface area (Å²) in [5.41, 5.74) is 0. The molecular formula is C12H13ClN2S2. The molecule has 17 heavy (non-hydrogen) atoms. The van der Waals surface area contributed by atoms with Crippen LogP contribution in [0.15, 0.2) is 11.4 Å². The Hall–Kier alpha value is -0.320. The van der Waals surface area contributed by atoms with Crippen LogP contribution in [-0.2, 0) is 5.75 Å². The highest BCUT2D eigenvalue weighted by atomic mass is 35.5. The van der Waals surface area contributed by atoms with Crippen molar-refractivity contribution in [2.75, 3.05) is 0 Å². The number of thiophene rings is 1. The van der Waals surface area contributed by atoms with Gasteiger partial charge in [0.15, 0.2) is 0 Å². The van der Waals surface area contributed by atoms with Crippen molar-refractivity contribution in [2.24, 2.45) is 0 Å². The molecule has 3 rings (SSSR count). The predicted octanol–water partition coefficient (Wildman–Crippen LogP) is 4.52. The molecule has 0 bridgehead atoms. The molecule has 0 atom stereocenters. The smallest absolute Gasteiger partial charge is 0.141 e. The minimum absolute atomic E-state index is 0.596. The van der Waals surface area contributed by atoms with Crippen LogP contribution in [0.4, 0.5) is 0 Å². The molecule has 0 N–H and O–H groups in total. The highest BCUT2D eigenvalue weighted by Crippen LogP contribution is 2.32. The number of thioether (sulfide) groups is 1. The summed E-state index contributed by atoms with van der Waals surface area (Å²) in [6, 6.07) is 1.98. The fourth-order valence-electron chi connectivity index (χ4n) is 2.17. The normalized spacial score (nSPS) is 17.0. The molecule has 0 spiro atoms. The van der Waals surface area contributed by atoms with Gasteiger partial charge in [-0.3, -0.25) is 0 Å². The maximum absolute atomic E-state index is 6.15. The summed E-state index contributed by atoms with van der Waals surface area (Å²) in [5, 5.41) is 4.39. The third kappa shape index (κ3) is 2.59. The van der Waals surface area contributed by atoms with Crippen molar-refractivity contribution >= 4 is 44.9 Å². The van der Waals surface area contributed by atoms with E-state index in [-0.39, 0.29) is 0 Å². The number of nitrogens with zero attached hydrogens (tertiary/aromatic N) is 2. The first-order valence-electron chi connectivity index (χ1n) is 5.84.